The van der Waals surface area contributed by atoms with Crippen molar-refractivity contribution in [3.8, 4) is 11.1 Å². The van der Waals surface area contributed by atoms with E-state index in [1.165, 1.54) is 13.2 Å². The van der Waals surface area contributed by atoms with E-state index in [0.717, 1.165) is 22.1 Å². The van der Waals surface area contributed by atoms with Gasteiger partial charge in [0.2, 0.25) is 0 Å². The van der Waals surface area contributed by atoms with E-state index in [2.05, 4.69) is 4.74 Å². The number of rotatable bonds is 2. The van der Waals surface area contributed by atoms with Crippen molar-refractivity contribution in [2.45, 2.75) is 0 Å². The summed E-state index contributed by atoms with van der Waals surface area (Å²) in [6.45, 7) is 0. The molecule has 0 saturated heterocycles. The fourth-order valence-electron chi connectivity index (χ4n) is 1.45. The highest BCUT2D eigenvalue weighted by Crippen LogP contribution is 2.20. The molecule has 0 spiro atoms. The van der Waals surface area contributed by atoms with Gasteiger partial charge < -0.3 is 4.74 Å². The van der Waals surface area contributed by atoms with Gasteiger partial charge in [-0.05, 0) is 11.4 Å². The van der Waals surface area contributed by atoms with Crippen molar-refractivity contribution < 1.29 is 9.53 Å². The molecular formula is C11H7N3O4S. The van der Waals surface area contributed by atoms with Gasteiger partial charge in [-0.25, -0.2) is 9.59 Å². The number of nitriles is 1. The molecule has 0 aliphatic heterocycles. The maximum Gasteiger partial charge on any atom is 0.340 e. The van der Waals surface area contributed by atoms with Crippen molar-refractivity contribution >= 4 is 17.3 Å². The van der Waals surface area contributed by atoms with Crippen molar-refractivity contribution in [2.75, 3.05) is 7.11 Å². The molecule has 2 aromatic rings. The van der Waals surface area contributed by atoms with Crippen LogP contribution in [-0.2, 0) is 4.74 Å². The quantitative estimate of drug-likeness (QED) is 0.792. The van der Waals surface area contributed by atoms with Gasteiger partial charge in [-0.1, -0.05) is 0 Å². The van der Waals surface area contributed by atoms with Crippen molar-refractivity contribution in [1.82, 2.24) is 9.55 Å². The molecule has 0 fully saturated rings. The molecule has 1 N–H and O–H groups in total. The Morgan fingerprint density at radius 2 is 2.26 bits per heavy atom. The van der Waals surface area contributed by atoms with E-state index in [0.29, 0.717) is 0 Å². The highest BCUT2D eigenvalue weighted by molar-refractivity contribution is 7.13. The first-order valence-corrected chi connectivity index (χ1v) is 5.88. The van der Waals surface area contributed by atoms with E-state index in [-0.39, 0.29) is 16.1 Å². The van der Waals surface area contributed by atoms with E-state index in [4.69, 9.17) is 5.26 Å². The standard InChI is InChI=1S/C11H7N3O4S/c1-18-10(16)7-2-3-19-9(7)14-5-6(4-12)8(15)13-11(14)17/h2-3,5H,1H3,(H,13,15,17). The van der Waals surface area contributed by atoms with Gasteiger partial charge in [0.05, 0.1) is 12.7 Å². The van der Waals surface area contributed by atoms with Gasteiger partial charge in [-0.2, -0.15) is 5.26 Å². The molecule has 96 valence electrons. The highest BCUT2D eigenvalue weighted by atomic mass is 32.1. The average molecular weight is 277 g/mol. The van der Waals surface area contributed by atoms with Crippen molar-refractivity contribution in [3.63, 3.8) is 0 Å². The van der Waals surface area contributed by atoms with Crippen LogP contribution in [0, 0.1) is 11.3 Å². The van der Waals surface area contributed by atoms with Crippen LogP contribution in [-0.4, -0.2) is 22.6 Å². The van der Waals surface area contributed by atoms with Crippen LogP contribution in [0.3, 0.4) is 0 Å². The molecule has 0 aliphatic rings. The summed E-state index contributed by atoms with van der Waals surface area (Å²) >= 11 is 1.12. The Morgan fingerprint density at radius 3 is 2.89 bits per heavy atom. The maximum absolute atomic E-state index is 11.7. The van der Waals surface area contributed by atoms with Crippen LogP contribution in [0.4, 0.5) is 0 Å². The van der Waals surface area contributed by atoms with Crippen molar-refractivity contribution in [2.24, 2.45) is 0 Å². The zero-order chi connectivity index (χ0) is 14.0. The fraction of sp³-hybridized carbons (Fsp3) is 0.0909. The minimum absolute atomic E-state index is 0.186. The van der Waals surface area contributed by atoms with Crippen LogP contribution < -0.4 is 11.2 Å². The summed E-state index contributed by atoms with van der Waals surface area (Å²) in [5.41, 5.74) is -1.52. The summed E-state index contributed by atoms with van der Waals surface area (Å²) < 4.78 is 5.63. The van der Waals surface area contributed by atoms with Crippen molar-refractivity contribution in [3.05, 3.63) is 49.6 Å². The molecule has 0 bridgehead atoms. The molecule has 0 amide bonds. The SMILES string of the molecule is COC(=O)c1ccsc1-n1cc(C#N)c(=O)[nH]c1=O. The average Bonchev–Trinajstić information content (AvgIpc) is 2.87. The topological polar surface area (TPSA) is 105 Å². The van der Waals surface area contributed by atoms with Gasteiger partial charge in [-0.15, -0.1) is 11.3 Å². The van der Waals surface area contributed by atoms with Gasteiger partial charge in [0.1, 0.15) is 16.6 Å². The summed E-state index contributed by atoms with van der Waals surface area (Å²) in [5, 5.41) is 10.7. The van der Waals surface area contributed by atoms with E-state index < -0.39 is 17.2 Å². The number of H-pyrrole nitrogens is 1. The summed E-state index contributed by atoms with van der Waals surface area (Å²) in [6.07, 6.45) is 1.10. The predicted octanol–water partition coefficient (Wildman–Crippen LogP) is 0.246. The number of esters is 1. The van der Waals surface area contributed by atoms with Crippen LogP contribution in [0.5, 0.6) is 0 Å². The van der Waals surface area contributed by atoms with Crippen LogP contribution in [0.25, 0.3) is 5.00 Å². The Bertz CT molecular complexity index is 793. The third-order valence-corrected chi connectivity index (χ3v) is 3.24. The molecule has 2 rings (SSSR count). The lowest BCUT2D eigenvalue weighted by Crippen LogP contribution is -2.30. The first-order valence-electron chi connectivity index (χ1n) is 5.00. The molecule has 2 aromatic heterocycles. The monoisotopic (exact) mass is 277 g/mol. The molecule has 0 radical (unpaired) electrons. The van der Waals surface area contributed by atoms with Gasteiger partial charge in [0, 0.05) is 6.20 Å². The molecule has 0 saturated carbocycles. The summed E-state index contributed by atoms with van der Waals surface area (Å²) in [7, 11) is 1.22. The minimum atomic E-state index is -0.764. The third kappa shape index (κ3) is 2.19. The second-order valence-electron chi connectivity index (χ2n) is 3.41. The zero-order valence-corrected chi connectivity index (χ0v) is 10.5. The minimum Gasteiger partial charge on any atom is -0.465 e. The molecule has 8 heteroatoms. The lowest BCUT2D eigenvalue weighted by Gasteiger charge is -2.05. The smallest absolute Gasteiger partial charge is 0.340 e. The van der Waals surface area contributed by atoms with Crippen molar-refractivity contribution in [1.29, 1.82) is 5.26 Å². The Hall–Kier alpha value is -2.66. The van der Waals surface area contributed by atoms with E-state index >= 15 is 0 Å². The Kier molecular flexibility index (Phi) is 3.31. The second kappa shape index (κ2) is 4.91. The van der Waals surface area contributed by atoms with E-state index in [9.17, 15) is 14.4 Å². The number of methoxy groups -OCH3 is 1. The fourth-order valence-corrected chi connectivity index (χ4v) is 2.32. The van der Waals surface area contributed by atoms with Gasteiger partial charge >= 0.3 is 11.7 Å². The molecule has 2 heterocycles. The van der Waals surface area contributed by atoms with Crippen LogP contribution in [0.1, 0.15) is 15.9 Å². The number of aromatic amines is 1. The first kappa shape index (κ1) is 12.8. The Balaban J connectivity index is 2.71. The molecule has 7 nitrogen and oxygen atoms in total. The molecule has 0 unspecified atom stereocenters. The Labute approximate surface area is 110 Å². The largest absolute Gasteiger partial charge is 0.465 e. The van der Waals surface area contributed by atoms with Gasteiger partial charge in [-0.3, -0.25) is 14.3 Å². The molecule has 0 aliphatic carbocycles. The molecule has 19 heavy (non-hydrogen) atoms. The number of carbonyl (C=O) groups excluding carboxylic acids is 1. The van der Waals surface area contributed by atoms with Crippen LogP contribution in [0.2, 0.25) is 0 Å². The number of hydrogen-bond acceptors (Lipinski definition) is 6. The first-order chi connectivity index (χ1) is 9.08. The zero-order valence-electron chi connectivity index (χ0n) is 9.67. The molecule has 0 aromatic carbocycles. The number of thiophene rings is 1. The summed E-state index contributed by atoms with van der Waals surface area (Å²) in [4.78, 5) is 36.6. The molecule has 0 atom stereocenters. The normalized spacial score (nSPS) is 9.89. The number of nitrogens with one attached hydrogen (secondary N) is 1. The number of carbonyl (C=O) groups is 1. The van der Waals surface area contributed by atoms with Crippen LogP contribution >= 0.6 is 11.3 Å². The summed E-state index contributed by atoms with van der Waals surface area (Å²) in [5.74, 6) is -0.604. The number of aromatic nitrogens is 2. The number of ether oxygens (including phenoxy) is 1. The third-order valence-electron chi connectivity index (χ3n) is 2.33. The van der Waals surface area contributed by atoms with Gasteiger partial charge in [0.15, 0.2) is 0 Å². The van der Waals surface area contributed by atoms with E-state index in [1.807, 2.05) is 4.98 Å². The number of hydrogen-bond donors (Lipinski definition) is 1. The second-order valence-corrected chi connectivity index (χ2v) is 4.31. The van der Waals surface area contributed by atoms with Gasteiger partial charge in [0.25, 0.3) is 5.56 Å². The predicted molar refractivity (Wildman–Crippen MR) is 66.6 cm³/mol. The molecular weight excluding hydrogens is 270 g/mol. The van der Waals surface area contributed by atoms with E-state index in [1.54, 1.807) is 11.4 Å². The maximum atomic E-state index is 11.7. The highest BCUT2D eigenvalue weighted by Gasteiger charge is 2.16. The lowest BCUT2D eigenvalue weighted by atomic mass is 10.3. The van der Waals surface area contributed by atoms with Crippen LogP contribution in [0.15, 0.2) is 27.2 Å². The summed E-state index contributed by atoms with van der Waals surface area (Å²) in [6, 6.07) is 3.17. The Morgan fingerprint density at radius 1 is 1.53 bits per heavy atom. The lowest BCUT2D eigenvalue weighted by molar-refractivity contribution is 0.0601. The number of nitrogens with zero attached hydrogens (tertiary/aromatic N) is 2.